The van der Waals surface area contributed by atoms with Crippen LogP contribution in [-0.2, 0) is 22.6 Å². The number of hydrogen-bond donors (Lipinski definition) is 7. The number of ether oxygens (including phenoxy) is 7. The van der Waals surface area contributed by atoms with Crippen molar-refractivity contribution in [1.29, 1.82) is 0 Å². The lowest BCUT2D eigenvalue weighted by molar-refractivity contribution is -0.119. The molecule has 520 valence electrons. The van der Waals surface area contributed by atoms with Gasteiger partial charge < -0.3 is 80.8 Å². The number of carbonyl (C=O) groups excluding carboxylic acids is 2. The Balaban J connectivity index is 0.000000129. The predicted octanol–water partition coefficient (Wildman–Crippen LogP) is 12.3. The molecule has 0 radical (unpaired) electrons. The minimum Gasteiger partial charge on any atom is -0.486 e. The molecule has 9 heterocycles. The highest BCUT2D eigenvalue weighted by atomic mass is 79.9. The second-order valence-corrected chi connectivity index (χ2v) is 31.2. The van der Waals surface area contributed by atoms with E-state index in [9.17, 15) is 9.59 Å². The van der Waals surface area contributed by atoms with E-state index in [4.69, 9.17) is 66.1 Å². The summed E-state index contributed by atoms with van der Waals surface area (Å²) in [7, 11) is 0. The van der Waals surface area contributed by atoms with Gasteiger partial charge in [-0.2, -0.15) is 0 Å². The quantitative estimate of drug-likeness (QED) is 0.0370. The summed E-state index contributed by atoms with van der Waals surface area (Å²) in [6.45, 7) is 11.9. The van der Waals surface area contributed by atoms with Crippen LogP contribution in [-0.4, -0.2) is 140 Å². The lowest BCUT2D eigenvalue weighted by Gasteiger charge is -2.23. The van der Waals surface area contributed by atoms with Gasteiger partial charge in [0, 0.05) is 71.6 Å². The number of imidazole rings is 3. The number of rotatable bonds is 19. The van der Waals surface area contributed by atoms with Crippen LogP contribution in [0.25, 0.3) is 33.5 Å². The van der Waals surface area contributed by atoms with Crippen LogP contribution in [0, 0.1) is 17.8 Å². The minimum absolute atomic E-state index is 0.00114. The van der Waals surface area contributed by atoms with Crippen molar-refractivity contribution in [2.75, 3.05) is 62.2 Å². The fraction of sp³-hybridized carbons (Fsp3) is 0.453. The van der Waals surface area contributed by atoms with Crippen LogP contribution in [0.5, 0.6) is 34.5 Å². The zero-order valence-electron chi connectivity index (χ0n) is 54.0. The molecule has 6 aromatic heterocycles. The summed E-state index contributed by atoms with van der Waals surface area (Å²) < 4.78 is 46.0. The molecule has 34 heteroatoms. The van der Waals surface area contributed by atoms with Gasteiger partial charge in [0.25, 0.3) is 0 Å². The number of halogens is 4. The van der Waals surface area contributed by atoms with E-state index < -0.39 is 5.60 Å². The number of aromatic amines is 1. The van der Waals surface area contributed by atoms with Crippen LogP contribution in [0.4, 0.5) is 22.2 Å². The summed E-state index contributed by atoms with van der Waals surface area (Å²) in [6, 6.07) is 12.2. The van der Waals surface area contributed by atoms with Gasteiger partial charge in [-0.15, -0.1) is 0 Å². The van der Waals surface area contributed by atoms with E-state index >= 15 is 0 Å². The van der Waals surface area contributed by atoms with Gasteiger partial charge in [-0.3, -0.25) is 4.79 Å². The molecule has 98 heavy (non-hydrogen) atoms. The van der Waals surface area contributed by atoms with Crippen molar-refractivity contribution in [1.82, 2.24) is 69.6 Å². The largest absolute Gasteiger partial charge is 0.486 e. The number of anilines is 3. The Morgan fingerprint density at radius 1 is 0.582 bits per heavy atom. The Morgan fingerprint density at radius 3 is 1.43 bits per heavy atom. The zero-order chi connectivity index (χ0) is 68.8. The monoisotopic (exact) mass is 1650 g/mol. The van der Waals surface area contributed by atoms with E-state index in [1.165, 1.54) is 80.0 Å². The minimum atomic E-state index is -0.410. The van der Waals surface area contributed by atoms with Crippen molar-refractivity contribution in [3.05, 3.63) is 68.8 Å². The maximum Gasteiger partial charge on any atom is 0.407 e. The first-order valence-electron chi connectivity index (χ1n) is 32.0. The van der Waals surface area contributed by atoms with Gasteiger partial charge in [-0.05, 0) is 181 Å². The fourth-order valence-corrected chi connectivity index (χ4v) is 15.9. The number of benzene rings is 3. The Kier molecular flexibility index (Phi) is 23.0. The van der Waals surface area contributed by atoms with Crippen LogP contribution in [0.1, 0.15) is 85.5 Å². The van der Waals surface area contributed by atoms with Crippen molar-refractivity contribution in [2.24, 2.45) is 23.5 Å². The van der Waals surface area contributed by atoms with Crippen molar-refractivity contribution in [3.63, 3.8) is 0 Å². The number of nitrogens with one attached hydrogen (secondary N) is 3. The average molecular weight is 1660 g/mol. The standard InChI is InChI=1S/C21H23BrN6O3S.C19H21BrN6O2S.C13H10BrN5O2S.C11H20BrNO2/c1-11(29)26-14(12-2-3-12)4-5-28-20-18(19(23)24-10-25-20)27-21(28)32-17-9-16-15(8-13(17)22)30-6-7-31-16;20-11-7-13-14(28-6-5-27-13)8-15(11)29-19-25-16-17(22)23-9-24-18(16)26(19)4-3-12(21)10-1-2-10;14-6-3-7-8(21-2-1-20-7)4-9(6)22-13-18-10-11(15)16-5-17-12(10)19-13;1-11(2,3)15-10(14)13-9(6-7-12)8-4-5-8/h8-10,12,14H,2-7H2,1H3,(H,26,29)(H2,23,24,25);7-10,12H,1-6,21H2,(H2,22,23,24);3-5H,1-2H2,(H3,15,16,17,18,19);8-9H,4-7H2,1-3H3,(H,13,14). The van der Waals surface area contributed by atoms with Crippen molar-refractivity contribution >= 4 is 162 Å². The second-order valence-electron chi connectivity index (χ2n) is 24.8. The van der Waals surface area contributed by atoms with Crippen LogP contribution >= 0.6 is 99.0 Å². The molecule has 2 amide bonds. The van der Waals surface area contributed by atoms with E-state index in [2.05, 4.69) is 123 Å². The molecule has 3 aliphatic carbocycles. The van der Waals surface area contributed by atoms with Gasteiger partial charge in [0.15, 0.2) is 95.4 Å². The number of nitrogens with zero attached hydrogens (tertiary/aromatic N) is 11. The van der Waals surface area contributed by atoms with Crippen LogP contribution in [0.2, 0.25) is 0 Å². The third-order valence-electron chi connectivity index (χ3n) is 16.2. The average Bonchev–Trinajstić information content (AvgIpc) is 1.54. The molecule has 3 aliphatic heterocycles. The van der Waals surface area contributed by atoms with E-state index in [1.807, 2.05) is 57.2 Å². The van der Waals surface area contributed by atoms with E-state index in [1.54, 1.807) is 6.92 Å². The Hall–Kier alpha value is -6.82. The van der Waals surface area contributed by atoms with E-state index in [-0.39, 0.29) is 30.1 Å². The molecule has 15 rings (SSSR count). The maximum absolute atomic E-state index is 11.7. The number of nitrogen functional groups attached to an aromatic ring is 3. The number of amides is 2. The molecule has 0 spiro atoms. The SMILES string of the molecule is CC(=O)NC(CCn1c(Sc2cc3c(cc2Br)OCCO3)nc2c(N)ncnc21)C1CC1.CC(C)(C)OC(=O)NC(CCBr)C1CC1.Nc1ncnc2c1nc(Sc1cc3c(cc1Br)OCCO3)n2CCC(N)C1CC1.Nc1ncnc2nc(Sc3cc4c(cc3Br)OCCO4)[nH]c12. The van der Waals surface area contributed by atoms with Gasteiger partial charge in [0.05, 0.1) is 0 Å². The number of H-pyrrole nitrogens is 1. The molecule has 3 saturated carbocycles. The van der Waals surface area contributed by atoms with Gasteiger partial charge in [0.1, 0.15) is 69.7 Å². The van der Waals surface area contributed by atoms with Crippen molar-refractivity contribution < 1.29 is 42.7 Å². The van der Waals surface area contributed by atoms with Gasteiger partial charge >= 0.3 is 6.09 Å². The number of nitrogens with two attached hydrogens (primary N) is 4. The number of alkyl halides is 1. The fourth-order valence-electron chi connectivity index (χ4n) is 11.0. The molecule has 3 aromatic carbocycles. The molecule has 3 atom stereocenters. The molecular formula is C64H74Br4N18O9S3. The first-order valence-corrected chi connectivity index (χ1v) is 38.0. The van der Waals surface area contributed by atoms with Crippen molar-refractivity contribution in [3.8, 4) is 34.5 Å². The highest BCUT2D eigenvalue weighted by Crippen LogP contribution is 2.46. The molecule has 6 aliphatic rings. The Morgan fingerprint density at radius 2 is 1.00 bits per heavy atom. The lowest BCUT2D eigenvalue weighted by Crippen LogP contribution is -2.40. The number of carbonyl (C=O) groups is 2. The lowest BCUT2D eigenvalue weighted by atomic mass is 10.1. The highest BCUT2D eigenvalue weighted by Gasteiger charge is 2.35. The van der Waals surface area contributed by atoms with Crippen molar-refractivity contribution in [2.45, 2.75) is 152 Å². The smallest absolute Gasteiger partial charge is 0.407 e. The predicted molar refractivity (Wildman–Crippen MR) is 388 cm³/mol. The van der Waals surface area contributed by atoms with Gasteiger partial charge in [0.2, 0.25) is 5.91 Å². The summed E-state index contributed by atoms with van der Waals surface area (Å²) in [5.41, 5.74) is 27.7. The highest BCUT2D eigenvalue weighted by molar-refractivity contribution is 9.11. The normalized spacial score (nSPS) is 16.1. The van der Waals surface area contributed by atoms with E-state index in [0.29, 0.717) is 120 Å². The molecule has 3 fully saturated rings. The Labute approximate surface area is 610 Å². The summed E-state index contributed by atoms with van der Waals surface area (Å²) >= 11 is 18.7. The van der Waals surface area contributed by atoms with Crippen LogP contribution in [0.3, 0.4) is 0 Å². The second kappa shape index (κ2) is 31.8. The zero-order valence-corrected chi connectivity index (χ0v) is 62.8. The van der Waals surface area contributed by atoms with E-state index in [0.717, 1.165) is 117 Å². The number of aryl methyl sites for hydroxylation is 2. The van der Waals surface area contributed by atoms with Gasteiger partial charge in [-0.1, -0.05) is 51.2 Å². The third-order valence-corrected chi connectivity index (χ3v) is 22.5. The molecule has 0 bridgehead atoms. The summed E-state index contributed by atoms with van der Waals surface area (Å²) in [6.07, 6.45) is 13.9. The van der Waals surface area contributed by atoms with Crippen LogP contribution < -0.4 is 62.0 Å². The molecule has 0 saturated heterocycles. The Bertz CT molecular complexity index is 4360. The number of fused-ring (bicyclic) bond motifs is 6. The number of aromatic nitrogens is 12. The topological polar surface area (TPSA) is 369 Å². The molecule has 9 aromatic rings. The summed E-state index contributed by atoms with van der Waals surface area (Å²) in [5, 5.41) is 9.20. The molecule has 27 nitrogen and oxygen atoms in total. The molecule has 3 unspecified atom stereocenters. The maximum atomic E-state index is 11.7. The number of hydrogen-bond acceptors (Lipinski definition) is 25. The summed E-state index contributed by atoms with van der Waals surface area (Å²) in [4.78, 5) is 68.2. The first kappa shape index (κ1) is 71.0. The summed E-state index contributed by atoms with van der Waals surface area (Å²) in [5.74, 6) is 7.33. The van der Waals surface area contributed by atoms with Gasteiger partial charge in [-0.25, -0.2) is 49.7 Å². The van der Waals surface area contributed by atoms with Crippen LogP contribution in [0.15, 0.2) is 99.0 Å². The molecule has 11 N–H and O–H groups in total. The first-order chi connectivity index (χ1) is 47.2. The molecular weight excluding hydrogens is 1580 g/mol. The number of alkyl carbamates (subject to hydrolysis) is 1. The third kappa shape index (κ3) is 18.2.